The molecular formula is C17H17ClN2O3. The fourth-order valence-corrected chi connectivity index (χ4v) is 2.12. The molecule has 0 bridgehead atoms. The number of amides is 1. The van der Waals surface area contributed by atoms with Crippen molar-refractivity contribution < 1.29 is 14.4 Å². The lowest BCUT2D eigenvalue weighted by atomic mass is 10.1. The van der Waals surface area contributed by atoms with Crippen LogP contribution in [0, 0.1) is 6.92 Å². The molecule has 0 aliphatic carbocycles. The van der Waals surface area contributed by atoms with Crippen LogP contribution in [0.1, 0.15) is 11.1 Å². The molecular weight excluding hydrogens is 316 g/mol. The second-order valence-corrected chi connectivity index (χ2v) is 5.17. The highest BCUT2D eigenvalue weighted by atomic mass is 35.5. The van der Waals surface area contributed by atoms with Crippen molar-refractivity contribution >= 4 is 29.4 Å². The number of carbonyl (C=O) groups excluding carboxylic acids is 1. The number of hydrogen-bond acceptors (Lipinski definition) is 4. The van der Waals surface area contributed by atoms with Crippen LogP contribution in [0.5, 0.6) is 5.75 Å². The van der Waals surface area contributed by atoms with Crippen molar-refractivity contribution in [1.29, 1.82) is 0 Å². The van der Waals surface area contributed by atoms with Gasteiger partial charge in [-0.1, -0.05) is 41.0 Å². The highest BCUT2D eigenvalue weighted by molar-refractivity contribution is 6.32. The van der Waals surface area contributed by atoms with Crippen molar-refractivity contribution in [3.05, 3.63) is 58.6 Å². The van der Waals surface area contributed by atoms with Gasteiger partial charge >= 0.3 is 0 Å². The Morgan fingerprint density at radius 2 is 2.09 bits per heavy atom. The molecule has 0 radical (unpaired) electrons. The van der Waals surface area contributed by atoms with E-state index in [0.717, 1.165) is 11.1 Å². The van der Waals surface area contributed by atoms with Crippen molar-refractivity contribution in [2.24, 2.45) is 5.16 Å². The number of carbonyl (C=O) groups is 1. The molecule has 2 aromatic rings. The van der Waals surface area contributed by atoms with E-state index in [-0.39, 0.29) is 12.5 Å². The summed E-state index contributed by atoms with van der Waals surface area (Å²) < 4.78 is 5.05. The average Bonchev–Trinajstić information content (AvgIpc) is 2.53. The first-order valence-corrected chi connectivity index (χ1v) is 7.32. The van der Waals surface area contributed by atoms with Gasteiger partial charge in [-0.25, -0.2) is 0 Å². The van der Waals surface area contributed by atoms with Gasteiger partial charge in [0.15, 0.2) is 6.61 Å². The minimum atomic E-state index is -0.326. The van der Waals surface area contributed by atoms with E-state index in [1.165, 1.54) is 7.11 Å². The van der Waals surface area contributed by atoms with Crippen LogP contribution in [0.15, 0.2) is 47.6 Å². The van der Waals surface area contributed by atoms with Gasteiger partial charge in [-0.3, -0.25) is 4.79 Å². The fourth-order valence-electron chi connectivity index (χ4n) is 1.86. The number of ether oxygens (including phenoxy) is 1. The summed E-state index contributed by atoms with van der Waals surface area (Å²) in [5, 5.41) is 6.88. The van der Waals surface area contributed by atoms with Crippen LogP contribution in [0.3, 0.4) is 0 Å². The third kappa shape index (κ3) is 5.00. The molecule has 0 aromatic heterocycles. The second kappa shape index (κ2) is 8.19. The maximum absolute atomic E-state index is 11.8. The molecule has 1 amide bonds. The molecule has 5 nitrogen and oxygen atoms in total. The van der Waals surface area contributed by atoms with Gasteiger partial charge in [0.25, 0.3) is 5.91 Å². The first kappa shape index (κ1) is 16.8. The van der Waals surface area contributed by atoms with Crippen LogP contribution in [-0.2, 0) is 9.63 Å². The van der Waals surface area contributed by atoms with Gasteiger partial charge in [-0.05, 0) is 36.2 Å². The Morgan fingerprint density at radius 3 is 2.78 bits per heavy atom. The zero-order valence-corrected chi connectivity index (χ0v) is 13.6. The lowest BCUT2D eigenvalue weighted by Crippen LogP contribution is -2.17. The standard InChI is InChI=1S/C17H17ClN2O3/c1-12-5-3-4-6-13(12)10-19-23-11-17(21)20-14-7-8-16(22-2)15(18)9-14/h3-10H,11H2,1-2H3,(H,20,21)/b19-10-. The van der Waals surface area contributed by atoms with Gasteiger partial charge in [0, 0.05) is 5.69 Å². The summed E-state index contributed by atoms with van der Waals surface area (Å²) in [4.78, 5) is 16.8. The fraction of sp³-hybridized carbons (Fsp3) is 0.176. The van der Waals surface area contributed by atoms with E-state index in [4.69, 9.17) is 21.2 Å². The quantitative estimate of drug-likeness (QED) is 0.649. The number of hydrogen-bond donors (Lipinski definition) is 1. The van der Waals surface area contributed by atoms with E-state index in [0.29, 0.717) is 16.5 Å². The largest absolute Gasteiger partial charge is 0.495 e. The van der Waals surface area contributed by atoms with E-state index in [9.17, 15) is 4.79 Å². The minimum absolute atomic E-state index is 0.188. The molecule has 6 heteroatoms. The maximum atomic E-state index is 11.8. The van der Waals surface area contributed by atoms with E-state index in [2.05, 4.69) is 10.5 Å². The zero-order chi connectivity index (χ0) is 16.7. The number of benzene rings is 2. The van der Waals surface area contributed by atoms with Crippen molar-refractivity contribution in [3.8, 4) is 5.75 Å². The van der Waals surface area contributed by atoms with E-state index >= 15 is 0 Å². The SMILES string of the molecule is COc1ccc(NC(=O)CO/N=C\c2ccccc2C)cc1Cl. The number of methoxy groups -OCH3 is 1. The van der Waals surface area contributed by atoms with Crippen LogP contribution >= 0.6 is 11.6 Å². The Kier molecular flexibility index (Phi) is 6.00. The number of aryl methyl sites for hydroxylation is 1. The zero-order valence-electron chi connectivity index (χ0n) is 12.9. The topological polar surface area (TPSA) is 59.9 Å². The number of nitrogens with zero attached hydrogens (tertiary/aromatic N) is 1. The highest BCUT2D eigenvalue weighted by Crippen LogP contribution is 2.27. The highest BCUT2D eigenvalue weighted by Gasteiger charge is 2.06. The Hall–Kier alpha value is -2.53. The molecule has 0 unspecified atom stereocenters. The van der Waals surface area contributed by atoms with Gasteiger partial charge in [-0.15, -0.1) is 0 Å². The normalized spacial score (nSPS) is 10.6. The number of oxime groups is 1. The Bertz CT molecular complexity index is 717. The Labute approximate surface area is 139 Å². The number of halogens is 1. The molecule has 0 spiro atoms. The van der Waals surface area contributed by atoms with Crippen molar-refractivity contribution in [2.45, 2.75) is 6.92 Å². The smallest absolute Gasteiger partial charge is 0.265 e. The summed E-state index contributed by atoms with van der Waals surface area (Å²) in [6.07, 6.45) is 1.58. The molecule has 1 N–H and O–H groups in total. The van der Waals surface area contributed by atoms with Gasteiger partial charge in [-0.2, -0.15) is 0 Å². The molecule has 0 aliphatic rings. The molecule has 2 aromatic carbocycles. The van der Waals surface area contributed by atoms with Gasteiger partial charge in [0.05, 0.1) is 18.3 Å². The molecule has 0 heterocycles. The molecule has 120 valence electrons. The molecule has 0 atom stereocenters. The van der Waals surface area contributed by atoms with Crippen LogP contribution in [0.2, 0.25) is 5.02 Å². The second-order valence-electron chi connectivity index (χ2n) is 4.76. The third-order valence-electron chi connectivity index (χ3n) is 3.09. The van der Waals surface area contributed by atoms with E-state index < -0.39 is 0 Å². The van der Waals surface area contributed by atoms with Crippen molar-refractivity contribution in [1.82, 2.24) is 0 Å². The molecule has 0 aliphatic heterocycles. The summed E-state index contributed by atoms with van der Waals surface area (Å²) in [7, 11) is 1.53. The van der Waals surface area contributed by atoms with Gasteiger partial charge in [0.2, 0.25) is 0 Å². The molecule has 0 saturated heterocycles. The summed E-state index contributed by atoms with van der Waals surface area (Å²) in [6.45, 7) is 1.79. The van der Waals surface area contributed by atoms with Crippen LogP contribution in [0.4, 0.5) is 5.69 Å². The summed E-state index contributed by atoms with van der Waals surface area (Å²) in [6, 6.07) is 12.7. The number of anilines is 1. The van der Waals surface area contributed by atoms with E-state index in [1.807, 2.05) is 31.2 Å². The third-order valence-corrected chi connectivity index (χ3v) is 3.38. The first-order chi connectivity index (χ1) is 11.1. The van der Waals surface area contributed by atoms with Crippen LogP contribution < -0.4 is 10.1 Å². The van der Waals surface area contributed by atoms with E-state index in [1.54, 1.807) is 24.4 Å². The molecule has 0 saturated carbocycles. The summed E-state index contributed by atoms with van der Waals surface area (Å²) in [5.74, 6) is 0.219. The van der Waals surface area contributed by atoms with Crippen molar-refractivity contribution in [2.75, 3.05) is 19.0 Å². The average molecular weight is 333 g/mol. The van der Waals surface area contributed by atoms with Crippen LogP contribution in [-0.4, -0.2) is 25.8 Å². The number of rotatable bonds is 6. The summed E-state index contributed by atoms with van der Waals surface area (Å²) in [5.41, 5.74) is 2.58. The first-order valence-electron chi connectivity index (χ1n) is 6.94. The molecule has 23 heavy (non-hydrogen) atoms. The predicted molar refractivity (Wildman–Crippen MR) is 91.4 cm³/mol. The van der Waals surface area contributed by atoms with Crippen LogP contribution in [0.25, 0.3) is 0 Å². The maximum Gasteiger partial charge on any atom is 0.265 e. The monoisotopic (exact) mass is 332 g/mol. The molecule has 0 fully saturated rings. The minimum Gasteiger partial charge on any atom is -0.495 e. The lowest BCUT2D eigenvalue weighted by Gasteiger charge is -2.07. The predicted octanol–water partition coefficient (Wildman–Crippen LogP) is 3.65. The van der Waals surface area contributed by atoms with Crippen molar-refractivity contribution in [3.63, 3.8) is 0 Å². The summed E-state index contributed by atoms with van der Waals surface area (Å²) >= 11 is 5.99. The van der Waals surface area contributed by atoms with Gasteiger partial charge < -0.3 is 14.9 Å². The number of nitrogens with one attached hydrogen (secondary N) is 1. The Morgan fingerprint density at radius 1 is 1.30 bits per heavy atom. The Balaban J connectivity index is 1.83. The lowest BCUT2D eigenvalue weighted by molar-refractivity contribution is -0.120. The molecule has 2 rings (SSSR count). The van der Waals surface area contributed by atoms with Gasteiger partial charge in [0.1, 0.15) is 5.75 Å².